The van der Waals surface area contributed by atoms with Crippen molar-refractivity contribution < 1.29 is 23.5 Å². The van der Waals surface area contributed by atoms with Crippen LogP contribution in [0.4, 0.5) is 9.52 Å². The molecular weight excluding hydrogens is 523 g/mol. The molecule has 37 heavy (non-hydrogen) atoms. The normalized spacial score (nSPS) is 17.4. The van der Waals surface area contributed by atoms with Crippen LogP contribution >= 0.6 is 22.9 Å². The summed E-state index contributed by atoms with van der Waals surface area (Å²) < 4.78 is 25.7. The molecule has 0 spiro atoms. The smallest absolute Gasteiger partial charge is 0.284 e. The maximum Gasteiger partial charge on any atom is 0.284 e. The molecule has 1 N–H and O–H groups in total. The van der Waals surface area contributed by atoms with Crippen LogP contribution in [-0.2, 0) is 4.74 Å². The summed E-state index contributed by atoms with van der Waals surface area (Å²) in [6.45, 7) is 1.71. The Morgan fingerprint density at radius 1 is 1.16 bits per heavy atom. The molecule has 0 saturated heterocycles. The monoisotopic (exact) mass is 548 g/mol. The summed E-state index contributed by atoms with van der Waals surface area (Å²) in [7, 11) is 4.80. The van der Waals surface area contributed by atoms with E-state index in [1.54, 1.807) is 32.0 Å². The molecule has 0 atom stereocenters. The highest BCUT2D eigenvalue weighted by molar-refractivity contribution is 7.17. The van der Waals surface area contributed by atoms with E-state index in [2.05, 4.69) is 25.5 Å². The molecule has 1 aliphatic carbocycles. The number of nitrogens with zero attached hydrogens (tertiary/aromatic N) is 5. The molecule has 1 fully saturated rings. The number of nitrogens with one attached hydrogen (secondary N) is 1. The van der Waals surface area contributed by atoms with Crippen molar-refractivity contribution in [2.45, 2.75) is 44.8 Å². The molecular formula is C24H26ClFN6O4S. The second-order valence-electron chi connectivity index (χ2n) is 8.63. The lowest BCUT2D eigenvalue weighted by atomic mass is 9.92. The molecule has 1 saturated carbocycles. The average molecular weight is 549 g/mol. The number of aryl methyl sites for hydroxylation is 1. The van der Waals surface area contributed by atoms with Crippen LogP contribution in [0, 0.1) is 12.7 Å². The maximum absolute atomic E-state index is 15.0. The van der Waals surface area contributed by atoms with Crippen LogP contribution in [0.3, 0.4) is 0 Å². The van der Waals surface area contributed by atoms with E-state index in [9.17, 15) is 9.59 Å². The Labute approximate surface area is 222 Å². The van der Waals surface area contributed by atoms with Gasteiger partial charge in [-0.2, -0.15) is 0 Å². The van der Waals surface area contributed by atoms with Gasteiger partial charge in [-0.25, -0.2) is 9.37 Å². The lowest BCUT2D eigenvalue weighted by Crippen LogP contribution is -2.40. The first-order valence-corrected chi connectivity index (χ1v) is 12.7. The van der Waals surface area contributed by atoms with Crippen LogP contribution in [0.1, 0.15) is 51.5 Å². The van der Waals surface area contributed by atoms with Crippen molar-refractivity contribution in [3.63, 3.8) is 0 Å². The largest absolute Gasteiger partial charge is 0.494 e. The lowest BCUT2D eigenvalue weighted by Gasteiger charge is -2.33. The SMILES string of the molecule is COc1cnc(Cl)c(F)c1-c1cc(C)ncc1C(=O)Nc1nnc(C(=O)N(C)C2CCC(OC)CC2)s1. The predicted octanol–water partition coefficient (Wildman–Crippen LogP) is 4.39. The number of methoxy groups -OCH3 is 2. The number of rotatable bonds is 7. The molecule has 0 aliphatic heterocycles. The van der Waals surface area contributed by atoms with Gasteiger partial charge in [0.15, 0.2) is 11.0 Å². The molecule has 3 aromatic rings. The number of hydrogen-bond donors (Lipinski definition) is 1. The summed E-state index contributed by atoms with van der Waals surface area (Å²) in [5.74, 6) is -1.60. The molecule has 0 radical (unpaired) electrons. The highest BCUT2D eigenvalue weighted by Gasteiger charge is 2.29. The van der Waals surface area contributed by atoms with E-state index in [-0.39, 0.29) is 55.8 Å². The van der Waals surface area contributed by atoms with Crippen molar-refractivity contribution in [2.75, 3.05) is 26.6 Å². The van der Waals surface area contributed by atoms with Gasteiger partial charge in [0.1, 0.15) is 5.75 Å². The quantitative estimate of drug-likeness (QED) is 0.432. The van der Waals surface area contributed by atoms with E-state index < -0.39 is 11.7 Å². The number of hydrogen-bond acceptors (Lipinski definition) is 9. The summed E-state index contributed by atoms with van der Waals surface area (Å²) >= 11 is 6.87. The van der Waals surface area contributed by atoms with Crippen LogP contribution < -0.4 is 10.1 Å². The molecule has 3 aromatic heterocycles. The summed E-state index contributed by atoms with van der Waals surface area (Å²) in [5.41, 5.74) is 0.805. The molecule has 0 bridgehead atoms. The molecule has 13 heteroatoms. The number of halogens is 2. The fourth-order valence-corrected chi connectivity index (χ4v) is 5.18. The van der Waals surface area contributed by atoms with E-state index in [0.717, 1.165) is 37.0 Å². The van der Waals surface area contributed by atoms with Gasteiger partial charge in [0, 0.05) is 37.7 Å². The van der Waals surface area contributed by atoms with Crippen LogP contribution in [0.5, 0.6) is 5.75 Å². The Bertz CT molecular complexity index is 1310. The minimum Gasteiger partial charge on any atom is -0.494 e. The number of anilines is 1. The molecule has 196 valence electrons. The zero-order valence-electron chi connectivity index (χ0n) is 20.7. The van der Waals surface area contributed by atoms with Gasteiger partial charge in [0.2, 0.25) is 10.1 Å². The number of pyridine rings is 2. The average Bonchev–Trinajstić information content (AvgIpc) is 3.37. The van der Waals surface area contributed by atoms with Gasteiger partial charge in [-0.1, -0.05) is 22.9 Å². The third kappa shape index (κ3) is 5.71. The van der Waals surface area contributed by atoms with Crippen LogP contribution in [0.15, 0.2) is 18.5 Å². The van der Waals surface area contributed by atoms with Gasteiger partial charge in [0.05, 0.1) is 30.5 Å². The standard InChI is InChI=1S/C24H26ClFN6O4S/c1-12-9-15(18-17(36-4)11-28-20(25)19(18)26)16(10-27-12)21(33)29-24-31-30-22(37-24)23(34)32(2)13-5-7-14(35-3)8-6-13/h9-11,13-14H,5-8H2,1-4H3,(H,29,31,33). The minimum atomic E-state index is -0.827. The summed E-state index contributed by atoms with van der Waals surface area (Å²) in [4.78, 5) is 35.8. The van der Waals surface area contributed by atoms with Crippen molar-refractivity contribution in [3.8, 4) is 16.9 Å². The van der Waals surface area contributed by atoms with Gasteiger partial charge in [-0.05, 0) is 38.7 Å². The van der Waals surface area contributed by atoms with Crippen molar-refractivity contribution in [3.05, 3.63) is 45.7 Å². The predicted molar refractivity (Wildman–Crippen MR) is 137 cm³/mol. The Balaban J connectivity index is 1.54. The third-order valence-corrected chi connectivity index (χ3v) is 7.48. The van der Waals surface area contributed by atoms with Gasteiger partial charge >= 0.3 is 0 Å². The fourth-order valence-electron chi connectivity index (χ4n) is 4.31. The maximum atomic E-state index is 15.0. The summed E-state index contributed by atoms with van der Waals surface area (Å²) in [6, 6.07) is 1.63. The summed E-state index contributed by atoms with van der Waals surface area (Å²) in [5, 5.41) is 10.5. The number of aromatic nitrogens is 4. The third-order valence-electron chi connectivity index (χ3n) is 6.39. The van der Waals surface area contributed by atoms with E-state index in [1.165, 1.54) is 19.5 Å². The second kappa shape index (κ2) is 11.4. The molecule has 0 unspecified atom stereocenters. The number of carbonyl (C=O) groups is 2. The second-order valence-corrected chi connectivity index (χ2v) is 9.96. The molecule has 3 heterocycles. The number of carbonyl (C=O) groups excluding carboxylic acids is 2. The Morgan fingerprint density at radius 3 is 2.57 bits per heavy atom. The Morgan fingerprint density at radius 2 is 1.89 bits per heavy atom. The first kappa shape index (κ1) is 26.8. The first-order chi connectivity index (χ1) is 17.7. The van der Waals surface area contributed by atoms with Crippen molar-refractivity contribution >= 4 is 39.9 Å². The fraction of sp³-hybridized carbons (Fsp3) is 0.417. The van der Waals surface area contributed by atoms with Crippen molar-refractivity contribution in [2.24, 2.45) is 0 Å². The molecule has 1 aliphatic rings. The number of ether oxygens (including phenoxy) is 2. The van der Waals surface area contributed by atoms with E-state index in [1.807, 2.05) is 0 Å². The zero-order chi connectivity index (χ0) is 26.7. The van der Waals surface area contributed by atoms with Gasteiger partial charge in [0.25, 0.3) is 11.8 Å². The highest BCUT2D eigenvalue weighted by Crippen LogP contribution is 2.37. The van der Waals surface area contributed by atoms with Gasteiger partial charge in [-0.15, -0.1) is 10.2 Å². The summed E-state index contributed by atoms with van der Waals surface area (Å²) in [6.07, 6.45) is 6.27. The van der Waals surface area contributed by atoms with Crippen molar-refractivity contribution in [1.82, 2.24) is 25.1 Å². The van der Waals surface area contributed by atoms with E-state index in [4.69, 9.17) is 21.1 Å². The van der Waals surface area contributed by atoms with E-state index in [0.29, 0.717) is 5.69 Å². The van der Waals surface area contributed by atoms with Crippen LogP contribution in [-0.4, -0.2) is 70.3 Å². The van der Waals surface area contributed by atoms with E-state index >= 15 is 4.39 Å². The van der Waals surface area contributed by atoms with Crippen LogP contribution in [0.2, 0.25) is 5.15 Å². The molecule has 0 aromatic carbocycles. The molecule has 10 nitrogen and oxygen atoms in total. The topological polar surface area (TPSA) is 119 Å². The van der Waals surface area contributed by atoms with Crippen molar-refractivity contribution in [1.29, 1.82) is 0 Å². The van der Waals surface area contributed by atoms with Gasteiger partial charge in [-0.3, -0.25) is 19.9 Å². The zero-order valence-corrected chi connectivity index (χ0v) is 22.3. The highest BCUT2D eigenvalue weighted by atomic mass is 35.5. The Kier molecular flexibility index (Phi) is 8.30. The first-order valence-electron chi connectivity index (χ1n) is 11.5. The molecule has 4 rings (SSSR count). The van der Waals surface area contributed by atoms with Crippen LogP contribution in [0.25, 0.3) is 11.1 Å². The van der Waals surface area contributed by atoms with Gasteiger partial charge < -0.3 is 14.4 Å². The Hall–Kier alpha value is -3.22. The minimum absolute atomic E-state index is 0.0175. The number of amides is 2. The lowest BCUT2D eigenvalue weighted by molar-refractivity contribution is 0.0385. The molecule has 2 amide bonds.